The molecular weight excluding hydrogens is 384 g/mol. The van der Waals surface area contributed by atoms with Gasteiger partial charge in [-0.15, -0.1) is 0 Å². The molecule has 0 spiro atoms. The van der Waals surface area contributed by atoms with Crippen molar-refractivity contribution in [1.82, 2.24) is 34.4 Å². The van der Waals surface area contributed by atoms with E-state index >= 15 is 0 Å². The van der Waals surface area contributed by atoms with Gasteiger partial charge in [0.25, 0.3) is 0 Å². The number of aliphatic hydroxyl groups excluding tert-OH is 1. The van der Waals surface area contributed by atoms with Crippen molar-refractivity contribution >= 4 is 22.8 Å². The fourth-order valence-electron chi connectivity index (χ4n) is 4.00. The van der Waals surface area contributed by atoms with Crippen molar-refractivity contribution in [3.05, 3.63) is 30.7 Å². The van der Waals surface area contributed by atoms with Gasteiger partial charge in [0, 0.05) is 32.3 Å². The van der Waals surface area contributed by atoms with Crippen molar-refractivity contribution < 1.29 is 9.90 Å². The van der Waals surface area contributed by atoms with Crippen LogP contribution in [0.4, 0.5) is 5.82 Å². The van der Waals surface area contributed by atoms with Gasteiger partial charge in [0.15, 0.2) is 5.65 Å². The molecule has 158 valence electrons. The molecule has 0 saturated carbocycles. The normalized spacial score (nSPS) is 16.2. The van der Waals surface area contributed by atoms with Gasteiger partial charge < -0.3 is 15.7 Å². The van der Waals surface area contributed by atoms with E-state index in [0.717, 1.165) is 18.5 Å². The summed E-state index contributed by atoms with van der Waals surface area (Å²) in [6, 6.07) is 2.00. The van der Waals surface area contributed by atoms with Crippen LogP contribution in [-0.2, 0) is 18.3 Å². The number of hydrogen-bond acceptors (Lipinski definition) is 7. The Labute approximate surface area is 174 Å². The molecule has 0 aromatic carbocycles. The zero-order valence-corrected chi connectivity index (χ0v) is 17.2. The molecule has 1 aliphatic rings. The van der Waals surface area contributed by atoms with E-state index in [1.165, 1.54) is 12.4 Å². The average molecular weight is 410 g/mol. The van der Waals surface area contributed by atoms with Crippen molar-refractivity contribution in [1.29, 1.82) is 0 Å². The number of carbonyl (C=O) groups is 1. The van der Waals surface area contributed by atoms with Crippen LogP contribution in [0.25, 0.3) is 22.4 Å². The van der Waals surface area contributed by atoms with Crippen LogP contribution >= 0.6 is 0 Å². The molecule has 10 heteroatoms. The number of nitrogen functional groups attached to an aromatic ring is 1. The van der Waals surface area contributed by atoms with Crippen LogP contribution in [-0.4, -0.2) is 64.6 Å². The molecule has 1 aliphatic heterocycles. The lowest BCUT2D eigenvalue weighted by atomic mass is 10.1. The summed E-state index contributed by atoms with van der Waals surface area (Å²) in [5.74, 6) is 0.299. The minimum absolute atomic E-state index is 0.0508. The van der Waals surface area contributed by atoms with E-state index in [4.69, 9.17) is 10.8 Å². The van der Waals surface area contributed by atoms with E-state index in [-0.39, 0.29) is 11.9 Å². The molecule has 1 amide bonds. The van der Waals surface area contributed by atoms with Gasteiger partial charge in [-0.2, -0.15) is 10.2 Å². The minimum atomic E-state index is -0.473. The molecular formula is C20H26N8O2. The standard InChI is InChI=1S/C20H26N8O2/c1-4-16(30)27-7-5-13(6-8-27)28-20-17(19(21)22-11-23-20)18(25-28)15-10-14(9-12(2)29)26(3)24-15/h4,10-13,29H,1,5-9H2,2-3H3,(H2,21,22,23). The van der Waals surface area contributed by atoms with Gasteiger partial charge in [-0.3, -0.25) is 9.48 Å². The lowest BCUT2D eigenvalue weighted by Gasteiger charge is -2.31. The second-order valence-corrected chi connectivity index (χ2v) is 7.71. The first-order valence-corrected chi connectivity index (χ1v) is 10.0. The molecule has 1 atom stereocenters. The first-order chi connectivity index (χ1) is 14.4. The fraction of sp³-hybridized carbons (Fsp3) is 0.450. The number of aromatic nitrogens is 6. The van der Waals surface area contributed by atoms with Crippen molar-refractivity contribution in [2.75, 3.05) is 18.8 Å². The van der Waals surface area contributed by atoms with Crippen molar-refractivity contribution in [2.45, 2.75) is 38.3 Å². The highest BCUT2D eigenvalue weighted by molar-refractivity contribution is 5.97. The van der Waals surface area contributed by atoms with Gasteiger partial charge in [0.05, 0.1) is 17.5 Å². The zero-order valence-electron chi connectivity index (χ0n) is 17.2. The van der Waals surface area contributed by atoms with Crippen LogP contribution in [0.1, 0.15) is 31.5 Å². The third-order valence-electron chi connectivity index (χ3n) is 5.54. The number of aliphatic hydroxyl groups is 1. The smallest absolute Gasteiger partial charge is 0.245 e. The first kappa shape index (κ1) is 20.0. The van der Waals surface area contributed by atoms with Crippen molar-refractivity contribution in [2.24, 2.45) is 7.05 Å². The molecule has 1 saturated heterocycles. The maximum atomic E-state index is 11.9. The Balaban J connectivity index is 1.73. The molecule has 30 heavy (non-hydrogen) atoms. The van der Waals surface area contributed by atoms with Crippen LogP contribution in [0.5, 0.6) is 0 Å². The summed E-state index contributed by atoms with van der Waals surface area (Å²) in [7, 11) is 1.84. The summed E-state index contributed by atoms with van der Waals surface area (Å²) in [6.07, 6.45) is 4.32. The summed E-state index contributed by atoms with van der Waals surface area (Å²) >= 11 is 0. The molecule has 4 rings (SSSR count). The number of nitrogens with two attached hydrogens (primary N) is 1. The monoisotopic (exact) mass is 410 g/mol. The first-order valence-electron chi connectivity index (χ1n) is 10.0. The molecule has 0 bridgehead atoms. The van der Waals surface area contributed by atoms with E-state index in [0.29, 0.717) is 47.7 Å². The van der Waals surface area contributed by atoms with Crippen LogP contribution < -0.4 is 5.73 Å². The maximum Gasteiger partial charge on any atom is 0.245 e. The average Bonchev–Trinajstić information content (AvgIpc) is 3.29. The van der Waals surface area contributed by atoms with Crippen LogP contribution in [0, 0.1) is 0 Å². The summed E-state index contributed by atoms with van der Waals surface area (Å²) in [4.78, 5) is 22.3. The highest BCUT2D eigenvalue weighted by Gasteiger charge is 2.28. The number of piperidine rings is 1. The number of hydrogen-bond donors (Lipinski definition) is 2. The van der Waals surface area contributed by atoms with E-state index in [9.17, 15) is 9.90 Å². The van der Waals surface area contributed by atoms with Gasteiger partial charge in [0.1, 0.15) is 23.5 Å². The largest absolute Gasteiger partial charge is 0.393 e. The van der Waals surface area contributed by atoms with Crippen molar-refractivity contribution in [3.63, 3.8) is 0 Å². The second kappa shape index (κ2) is 7.86. The third-order valence-corrected chi connectivity index (χ3v) is 5.54. The topological polar surface area (TPSA) is 128 Å². The Kier molecular flexibility index (Phi) is 5.25. The highest BCUT2D eigenvalue weighted by Crippen LogP contribution is 2.34. The van der Waals surface area contributed by atoms with E-state index in [1.54, 1.807) is 16.5 Å². The molecule has 4 heterocycles. The van der Waals surface area contributed by atoms with Gasteiger partial charge in [-0.05, 0) is 31.9 Å². The van der Waals surface area contributed by atoms with Crippen molar-refractivity contribution in [3.8, 4) is 11.4 Å². The fourth-order valence-corrected chi connectivity index (χ4v) is 4.00. The third kappa shape index (κ3) is 3.54. The Hall–Kier alpha value is -3.27. The van der Waals surface area contributed by atoms with E-state index in [1.807, 2.05) is 17.8 Å². The number of fused-ring (bicyclic) bond motifs is 1. The predicted molar refractivity (Wildman–Crippen MR) is 112 cm³/mol. The predicted octanol–water partition coefficient (Wildman–Crippen LogP) is 1.08. The van der Waals surface area contributed by atoms with E-state index in [2.05, 4.69) is 21.6 Å². The number of anilines is 1. The highest BCUT2D eigenvalue weighted by atomic mass is 16.3. The number of likely N-dealkylation sites (tertiary alicyclic amines) is 1. The number of nitrogens with zero attached hydrogens (tertiary/aromatic N) is 7. The number of aryl methyl sites for hydroxylation is 1. The van der Waals surface area contributed by atoms with Gasteiger partial charge >= 0.3 is 0 Å². The molecule has 0 aliphatic carbocycles. The van der Waals surface area contributed by atoms with Gasteiger partial charge in [-0.1, -0.05) is 6.58 Å². The molecule has 10 nitrogen and oxygen atoms in total. The minimum Gasteiger partial charge on any atom is -0.393 e. The maximum absolute atomic E-state index is 11.9. The molecule has 0 radical (unpaired) electrons. The lowest BCUT2D eigenvalue weighted by molar-refractivity contribution is -0.127. The Morgan fingerprint density at radius 2 is 2.10 bits per heavy atom. The summed E-state index contributed by atoms with van der Waals surface area (Å²) < 4.78 is 3.63. The number of amides is 1. The molecule has 3 aromatic heterocycles. The molecule has 1 unspecified atom stereocenters. The summed E-state index contributed by atoms with van der Waals surface area (Å²) in [5.41, 5.74) is 9.05. The Morgan fingerprint density at radius 1 is 1.37 bits per heavy atom. The zero-order chi connectivity index (χ0) is 21.4. The van der Waals surface area contributed by atoms with Gasteiger partial charge in [0.2, 0.25) is 5.91 Å². The molecule has 3 aromatic rings. The van der Waals surface area contributed by atoms with Gasteiger partial charge in [-0.25, -0.2) is 14.6 Å². The van der Waals surface area contributed by atoms with Crippen LogP contribution in [0.15, 0.2) is 25.0 Å². The van der Waals surface area contributed by atoms with E-state index < -0.39 is 6.10 Å². The SMILES string of the molecule is C=CC(=O)N1CCC(n2nc(-c3cc(CC(C)O)n(C)n3)c3c(N)ncnc32)CC1. The quantitative estimate of drug-likeness (QED) is 0.602. The number of carbonyl (C=O) groups excluding carboxylic acids is 1. The molecule has 3 N–H and O–H groups in total. The lowest BCUT2D eigenvalue weighted by Crippen LogP contribution is -2.38. The summed E-state index contributed by atoms with van der Waals surface area (Å²) in [5, 5.41) is 19.8. The second-order valence-electron chi connectivity index (χ2n) is 7.71. The number of rotatable bonds is 5. The van der Waals surface area contributed by atoms with Crippen LogP contribution in [0.3, 0.4) is 0 Å². The Bertz CT molecular complexity index is 1090. The molecule has 1 fully saturated rings. The summed E-state index contributed by atoms with van der Waals surface area (Å²) in [6.45, 7) is 6.57. The van der Waals surface area contributed by atoms with Crippen LogP contribution in [0.2, 0.25) is 0 Å². The Morgan fingerprint density at radius 3 is 2.77 bits per heavy atom.